The van der Waals surface area contributed by atoms with Crippen LogP contribution in [0.5, 0.6) is 0 Å². The number of sulfonamides is 1. The normalized spacial score (nSPS) is 11.2. The van der Waals surface area contributed by atoms with Crippen molar-refractivity contribution in [3.05, 3.63) is 64.5 Å². The molecule has 4 aromatic rings. The molecule has 0 atom stereocenters. The summed E-state index contributed by atoms with van der Waals surface area (Å²) in [7, 11) is -1.06. The van der Waals surface area contributed by atoms with Crippen molar-refractivity contribution in [1.29, 1.82) is 0 Å². The Hall–Kier alpha value is -3.97. The highest BCUT2D eigenvalue weighted by atomic mass is 35.5. The summed E-state index contributed by atoms with van der Waals surface area (Å²) in [5, 5.41) is 2.35. The number of pyridine rings is 2. The Morgan fingerprint density at radius 2 is 1.94 bits per heavy atom. The SMILES string of the molecule is CCn1c(N)c(C(=O)NC)c(=O)c2ccc(-c3ccc(NS(=O)(=O)c4cn(C)cn4)c(F)c3)nc21.Cl. The highest BCUT2D eigenvalue weighted by Gasteiger charge is 2.22. The van der Waals surface area contributed by atoms with E-state index in [0.717, 1.165) is 6.07 Å². The molecule has 14 heteroatoms. The molecule has 0 saturated carbocycles. The number of carbonyl (C=O) groups excluding carboxylic acids is 1. The van der Waals surface area contributed by atoms with E-state index in [1.54, 1.807) is 14.0 Å². The number of hydrogen-bond acceptors (Lipinski definition) is 7. The van der Waals surface area contributed by atoms with Crippen molar-refractivity contribution < 1.29 is 17.6 Å². The molecule has 0 unspecified atom stereocenters. The first kappa shape index (κ1) is 26.6. The van der Waals surface area contributed by atoms with Crippen LogP contribution in [0.2, 0.25) is 0 Å². The number of aromatic nitrogens is 4. The second-order valence-electron chi connectivity index (χ2n) is 7.66. The molecule has 1 amide bonds. The highest BCUT2D eigenvalue weighted by Crippen LogP contribution is 2.27. The lowest BCUT2D eigenvalue weighted by Crippen LogP contribution is -2.30. The smallest absolute Gasteiger partial charge is 0.281 e. The van der Waals surface area contributed by atoms with Crippen LogP contribution in [0.15, 0.2) is 52.7 Å². The van der Waals surface area contributed by atoms with Crippen LogP contribution in [-0.2, 0) is 23.6 Å². The van der Waals surface area contributed by atoms with Gasteiger partial charge in [-0.25, -0.2) is 14.4 Å². The third kappa shape index (κ3) is 4.62. The van der Waals surface area contributed by atoms with Gasteiger partial charge >= 0.3 is 0 Å². The standard InChI is InChI=1S/C22H22FN7O4S.ClH/c1-4-30-20(24)18(22(32)25-2)19(31)13-6-8-15(27-21(13)30)12-5-7-16(14(23)9-12)28-35(33,34)17-10-29(3)11-26-17;/h5-11,28H,4,24H2,1-3H3,(H,25,32);1H. The number of hydrogen-bond donors (Lipinski definition) is 3. The van der Waals surface area contributed by atoms with Gasteiger partial charge in [0.05, 0.1) is 23.1 Å². The Balaban J connectivity index is 0.00000361. The summed E-state index contributed by atoms with van der Waals surface area (Å²) in [6.45, 7) is 2.11. The fourth-order valence-corrected chi connectivity index (χ4v) is 4.69. The number of nitrogens with two attached hydrogens (primary N) is 1. The van der Waals surface area contributed by atoms with E-state index in [0.29, 0.717) is 17.8 Å². The van der Waals surface area contributed by atoms with Gasteiger partial charge in [-0.15, -0.1) is 12.4 Å². The van der Waals surface area contributed by atoms with Crippen molar-refractivity contribution in [1.82, 2.24) is 24.4 Å². The zero-order chi connectivity index (χ0) is 25.5. The summed E-state index contributed by atoms with van der Waals surface area (Å²) in [6, 6.07) is 6.89. The second-order valence-corrected chi connectivity index (χ2v) is 9.29. The van der Waals surface area contributed by atoms with E-state index in [4.69, 9.17) is 5.73 Å². The molecule has 3 aromatic heterocycles. The number of nitrogen functional groups attached to an aromatic ring is 1. The van der Waals surface area contributed by atoms with Gasteiger partial charge in [0.2, 0.25) is 5.43 Å². The summed E-state index contributed by atoms with van der Waals surface area (Å²) >= 11 is 0. The van der Waals surface area contributed by atoms with E-state index in [1.165, 1.54) is 53.0 Å². The maximum atomic E-state index is 14.9. The molecule has 11 nitrogen and oxygen atoms in total. The van der Waals surface area contributed by atoms with Crippen molar-refractivity contribution in [3.8, 4) is 11.3 Å². The van der Waals surface area contributed by atoms with E-state index >= 15 is 0 Å². The Morgan fingerprint density at radius 3 is 2.53 bits per heavy atom. The van der Waals surface area contributed by atoms with Gasteiger partial charge in [0.25, 0.3) is 15.9 Å². The number of halogens is 2. The quantitative estimate of drug-likeness (QED) is 0.341. The maximum absolute atomic E-state index is 14.9. The van der Waals surface area contributed by atoms with Gasteiger partial charge in [0, 0.05) is 32.4 Å². The minimum absolute atomic E-state index is 0. The number of rotatable bonds is 6. The number of carbonyl (C=O) groups is 1. The highest BCUT2D eigenvalue weighted by molar-refractivity contribution is 7.92. The van der Waals surface area contributed by atoms with E-state index < -0.39 is 27.2 Å². The summed E-state index contributed by atoms with van der Waals surface area (Å²) in [4.78, 5) is 33.4. The summed E-state index contributed by atoms with van der Waals surface area (Å²) in [6.07, 6.45) is 2.61. The Kier molecular flexibility index (Phi) is 7.36. The van der Waals surface area contributed by atoms with Crippen molar-refractivity contribution >= 4 is 50.9 Å². The summed E-state index contributed by atoms with van der Waals surface area (Å²) < 4.78 is 44.9. The number of benzene rings is 1. The fourth-order valence-electron chi connectivity index (χ4n) is 3.64. The molecule has 0 bridgehead atoms. The third-order valence-corrected chi connectivity index (χ3v) is 6.64. The van der Waals surface area contributed by atoms with E-state index in [9.17, 15) is 22.4 Å². The van der Waals surface area contributed by atoms with Crippen LogP contribution < -0.4 is 21.2 Å². The zero-order valence-corrected chi connectivity index (χ0v) is 21.1. The molecule has 4 N–H and O–H groups in total. The molecule has 0 fully saturated rings. The van der Waals surface area contributed by atoms with Crippen LogP contribution in [0, 0.1) is 5.82 Å². The van der Waals surface area contributed by atoms with Crippen molar-refractivity contribution in [2.45, 2.75) is 18.5 Å². The number of anilines is 2. The van der Waals surface area contributed by atoms with Crippen LogP contribution in [0.25, 0.3) is 22.3 Å². The summed E-state index contributed by atoms with van der Waals surface area (Å²) in [5.74, 6) is -1.46. The molecular weight excluding hydrogens is 513 g/mol. The predicted molar refractivity (Wildman–Crippen MR) is 136 cm³/mol. The lowest BCUT2D eigenvalue weighted by atomic mass is 10.1. The molecule has 0 aliphatic rings. The molecule has 190 valence electrons. The van der Waals surface area contributed by atoms with Gasteiger partial charge in [-0.1, -0.05) is 6.07 Å². The predicted octanol–water partition coefficient (Wildman–Crippen LogP) is 2.12. The molecule has 4 rings (SSSR count). The number of fused-ring (bicyclic) bond motifs is 1. The van der Waals surface area contributed by atoms with Gasteiger partial charge in [0.15, 0.2) is 5.03 Å². The average Bonchev–Trinajstić information content (AvgIpc) is 3.27. The molecular formula is C22H23ClFN7O4S. The molecule has 1 aromatic carbocycles. The van der Waals surface area contributed by atoms with E-state index in [2.05, 4.69) is 20.0 Å². The van der Waals surface area contributed by atoms with Crippen molar-refractivity contribution in [2.75, 3.05) is 17.5 Å². The van der Waals surface area contributed by atoms with Crippen LogP contribution in [0.1, 0.15) is 17.3 Å². The van der Waals surface area contributed by atoms with Gasteiger partial charge < -0.3 is 20.2 Å². The number of amides is 1. The third-order valence-electron chi connectivity index (χ3n) is 5.39. The molecule has 0 saturated heterocycles. The van der Waals surface area contributed by atoms with Gasteiger partial charge in [-0.3, -0.25) is 14.3 Å². The van der Waals surface area contributed by atoms with Gasteiger partial charge in [-0.05, 0) is 31.2 Å². The topological polar surface area (TPSA) is 154 Å². The van der Waals surface area contributed by atoms with Gasteiger partial charge in [-0.2, -0.15) is 8.42 Å². The molecule has 0 radical (unpaired) electrons. The van der Waals surface area contributed by atoms with Gasteiger partial charge in [0.1, 0.15) is 22.8 Å². The zero-order valence-electron chi connectivity index (χ0n) is 19.4. The van der Waals surface area contributed by atoms with E-state index in [-0.39, 0.29) is 45.5 Å². The van der Waals surface area contributed by atoms with Crippen molar-refractivity contribution in [3.63, 3.8) is 0 Å². The van der Waals surface area contributed by atoms with Crippen LogP contribution in [0.4, 0.5) is 15.9 Å². The van der Waals surface area contributed by atoms with E-state index in [1.807, 2.05) is 0 Å². The monoisotopic (exact) mass is 535 g/mol. The molecule has 36 heavy (non-hydrogen) atoms. The largest absolute Gasteiger partial charge is 0.384 e. The van der Waals surface area contributed by atoms with Crippen molar-refractivity contribution in [2.24, 2.45) is 7.05 Å². The number of nitrogens with zero attached hydrogens (tertiary/aromatic N) is 4. The summed E-state index contributed by atoms with van der Waals surface area (Å²) in [5.41, 5.74) is 6.01. The Bertz CT molecular complexity index is 1650. The first-order chi connectivity index (χ1) is 16.6. The number of nitrogens with one attached hydrogen (secondary N) is 2. The van der Waals surface area contributed by atoms with Crippen LogP contribution >= 0.6 is 12.4 Å². The molecule has 0 spiro atoms. The number of imidazole rings is 1. The maximum Gasteiger partial charge on any atom is 0.281 e. The Morgan fingerprint density at radius 1 is 1.22 bits per heavy atom. The van der Waals surface area contributed by atoms with Crippen LogP contribution in [-0.4, -0.2) is 40.5 Å². The molecule has 3 heterocycles. The number of aryl methyl sites for hydroxylation is 2. The first-order valence-electron chi connectivity index (χ1n) is 10.4. The lowest BCUT2D eigenvalue weighted by molar-refractivity contribution is 0.0962. The minimum Gasteiger partial charge on any atom is -0.384 e. The first-order valence-corrected chi connectivity index (χ1v) is 11.9. The molecule has 0 aliphatic heterocycles. The van der Waals surface area contributed by atoms with Crippen LogP contribution in [0.3, 0.4) is 0 Å². The molecule has 0 aliphatic carbocycles. The lowest BCUT2D eigenvalue weighted by Gasteiger charge is -2.15. The second kappa shape index (κ2) is 9.95. The average molecular weight is 536 g/mol. The minimum atomic E-state index is -4.08. The Labute approximate surface area is 211 Å². The fraction of sp³-hybridized carbons (Fsp3) is 0.182.